The van der Waals surface area contributed by atoms with Gasteiger partial charge in [0.25, 0.3) is 0 Å². The van der Waals surface area contributed by atoms with Crippen molar-refractivity contribution in [1.82, 2.24) is 10.2 Å². The number of nitrogens with one attached hydrogen (secondary N) is 1. The minimum absolute atomic E-state index is 0.170. The molecule has 1 fully saturated rings. The van der Waals surface area contributed by atoms with E-state index in [4.69, 9.17) is 4.74 Å². The number of nitrogens with zero attached hydrogens (tertiary/aromatic N) is 1. The Morgan fingerprint density at radius 1 is 1.24 bits per heavy atom. The van der Waals surface area contributed by atoms with Crippen LogP contribution >= 0.6 is 0 Å². The molecule has 0 aromatic heterocycles. The third-order valence-electron chi connectivity index (χ3n) is 2.74. The highest BCUT2D eigenvalue weighted by atomic mass is 16.6. The predicted octanol–water partition coefficient (Wildman–Crippen LogP) is 1.40. The molecule has 1 saturated heterocycles. The Bertz CT molecular complexity index is 230. The molecule has 0 aromatic carbocycles. The molecule has 0 amide bonds. The van der Waals surface area contributed by atoms with Crippen molar-refractivity contribution in [2.45, 2.75) is 45.6 Å². The molecule has 0 aromatic rings. The number of likely N-dealkylation sites (tertiary alicyclic amines) is 1. The minimum Gasteiger partial charge on any atom is -0.459 e. The van der Waals surface area contributed by atoms with Gasteiger partial charge in [0.2, 0.25) is 0 Å². The quantitative estimate of drug-likeness (QED) is 0.584. The van der Waals surface area contributed by atoms with Crippen LogP contribution in [0, 0.1) is 0 Å². The Kier molecular flexibility index (Phi) is 5.92. The van der Waals surface area contributed by atoms with Crippen molar-refractivity contribution >= 4 is 5.97 Å². The van der Waals surface area contributed by atoms with Crippen molar-refractivity contribution < 1.29 is 9.53 Å². The third kappa shape index (κ3) is 7.34. The molecular weight excluding hydrogens is 216 g/mol. The fraction of sp³-hybridized carbons (Fsp3) is 0.923. The van der Waals surface area contributed by atoms with E-state index in [1.54, 1.807) is 0 Å². The van der Waals surface area contributed by atoms with Gasteiger partial charge in [0.15, 0.2) is 0 Å². The third-order valence-corrected chi connectivity index (χ3v) is 2.74. The summed E-state index contributed by atoms with van der Waals surface area (Å²) in [4.78, 5) is 13.9. The number of hydrogen-bond acceptors (Lipinski definition) is 4. The van der Waals surface area contributed by atoms with Gasteiger partial charge in [-0.3, -0.25) is 4.79 Å². The number of carbonyl (C=O) groups is 1. The highest BCUT2D eigenvalue weighted by molar-refractivity contribution is 5.72. The van der Waals surface area contributed by atoms with Crippen LogP contribution in [-0.2, 0) is 9.53 Å². The van der Waals surface area contributed by atoms with Gasteiger partial charge in [0, 0.05) is 13.1 Å². The minimum atomic E-state index is -0.383. The van der Waals surface area contributed by atoms with E-state index in [1.165, 1.54) is 32.4 Å². The topological polar surface area (TPSA) is 41.6 Å². The number of rotatable bonds is 5. The molecule has 1 aliphatic heterocycles. The predicted molar refractivity (Wildman–Crippen MR) is 69.0 cm³/mol. The second-order valence-corrected chi connectivity index (χ2v) is 5.67. The van der Waals surface area contributed by atoms with Crippen LogP contribution in [0.1, 0.15) is 40.0 Å². The molecule has 17 heavy (non-hydrogen) atoms. The molecule has 1 rings (SSSR count). The molecule has 0 radical (unpaired) electrons. The first-order chi connectivity index (χ1) is 7.97. The van der Waals surface area contributed by atoms with E-state index in [-0.39, 0.29) is 11.6 Å². The molecule has 0 saturated carbocycles. The fourth-order valence-corrected chi connectivity index (χ4v) is 1.99. The largest absolute Gasteiger partial charge is 0.459 e. The zero-order chi connectivity index (χ0) is 12.7. The number of piperidine rings is 1. The summed E-state index contributed by atoms with van der Waals surface area (Å²) in [6, 6.07) is 0. The lowest BCUT2D eigenvalue weighted by Gasteiger charge is -2.26. The summed E-state index contributed by atoms with van der Waals surface area (Å²) in [5.41, 5.74) is -0.383. The highest BCUT2D eigenvalue weighted by Gasteiger charge is 2.15. The monoisotopic (exact) mass is 242 g/mol. The summed E-state index contributed by atoms with van der Waals surface area (Å²) in [5, 5.41) is 3.14. The van der Waals surface area contributed by atoms with Gasteiger partial charge in [-0.15, -0.1) is 0 Å². The van der Waals surface area contributed by atoms with E-state index in [0.717, 1.165) is 13.1 Å². The smallest absolute Gasteiger partial charge is 0.320 e. The standard InChI is InChI=1S/C13H26N2O2/c1-13(2,3)17-12(16)11-14-7-10-15-8-5-4-6-9-15/h14H,4-11H2,1-3H3. The first-order valence-corrected chi connectivity index (χ1v) is 6.62. The number of carbonyl (C=O) groups excluding carboxylic acids is 1. The normalized spacial score (nSPS) is 18.1. The molecule has 1 aliphatic rings. The number of ether oxygens (including phenoxy) is 1. The van der Waals surface area contributed by atoms with Crippen molar-refractivity contribution in [2.24, 2.45) is 0 Å². The molecule has 0 atom stereocenters. The van der Waals surface area contributed by atoms with Gasteiger partial charge in [-0.05, 0) is 46.7 Å². The van der Waals surface area contributed by atoms with Crippen molar-refractivity contribution in [3.05, 3.63) is 0 Å². The van der Waals surface area contributed by atoms with Gasteiger partial charge in [-0.2, -0.15) is 0 Å². The van der Waals surface area contributed by atoms with Gasteiger partial charge in [0.1, 0.15) is 5.60 Å². The van der Waals surface area contributed by atoms with Crippen LogP contribution < -0.4 is 5.32 Å². The molecule has 0 unspecified atom stereocenters. The van der Waals surface area contributed by atoms with Gasteiger partial charge >= 0.3 is 5.97 Å². The average Bonchev–Trinajstić information content (AvgIpc) is 2.23. The van der Waals surface area contributed by atoms with E-state index in [1.807, 2.05) is 20.8 Å². The van der Waals surface area contributed by atoms with Gasteiger partial charge in [0.05, 0.1) is 6.54 Å². The molecule has 4 heteroatoms. The van der Waals surface area contributed by atoms with Crippen LogP contribution in [-0.4, -0.2) is 49.2 Å². The summed E-state index contributed by atoms with van der Waals surface area (Å²) in [6.45, 7) is 10.3. The maximum atomic E-state index is 11.4. The zero-order valence-electron chi connectivity index (χ0n) is 11.4. The molecular formula is C13H26N2O2. The second kappa shape index (κ2) is 6.97. The van der Waals surface area contributed by atoms with E-state index >= 15 is 0 Å². The van der Waals surface area contributed by atoms with Crippen molar-refractivity contribution in [3.8, 4) is 0 Å². The van der Waals surface area contributed by atoms with Gasteiger partial charge < -0.3 is 15.0 Å². The molecule has 0 bridgehead atoms. The van der Waals surface area contributed by atoms with Gasteiger partial charge in [-0.1, -0.05) is 6.42 Å². The lowest BCUT2D eigenvalue weighted by molar-refractivity contribution is -0.153. The molecule has 0 aliphatic carbocycles. The summed E-state index contributed by atoms with van der Waals surface area (Å²) in [7, 11) is 0. The second-order valence-electron chi connectivity index (χ2n) is 5.67. The van der Waals surface area contributed by atoms with E-state index in [2.05, 4.69) is 10.2 Å². The lowest BCUT2D eigenvalue weighted by atomic mass is 10.1. The Morgan fingerprint density at radius 3 is 2.47 bits per heavy atom. The van der Waals surface area contributed by atoms with E-state index in [0.29, 0.717) is 6.54 Å². The fourth-order valence-electron chi connectivity index (χ4n) is 1.99. The highest BCUT2D eigenvalue weighted by Crippen LogP contribution is 2.07. The average molecular weight is 242 g/mol. The Balaban J connectivity index is 2.01. The van der Waals surface area contributed by atoms with Crippen LogP contribution in [0.4, 0.5) is 0 Å². The number of hydrogen-bond donors (Lipinski definition) is 1. The van der Waals surface area contributed by atoms with Crippen LogP contribution in [0.2, 0.25) is 0 Å². The van der Waals surface area contributed by atoms with Crippen molar-refractivity contribution in [3.63, 3.8) is 0 Å². The summed E-state index contributed by atoms with van der Waals surface area (Å²) in [6.07, 6.45) is 3.99. The maximum absolute atomic E-state index is 11.4. The lowest BCUT2D eigenvalue weighted by Crippen LogP contribution is -2.38. The summed E-state index contributed by atoms with van der Waals surface area (Å²) in [5.74, 6) is -0.170. The molecule has 1 heterocycles. The van der Waals surface area contributed by atoms with Crippen LogP contribution in [0.25, 0.3) is 0 Å². The van der Waals surface area contributed by atoms with Gasteiger partial charge in [-0.25, -0.2) is 0 Å². The molecule has 1 N–H and O–H groups in total. The SMILES string of the molecule is CC(C)(C)OC(=O)CNCCN1CCCCC1. The first kappa shape index (κ1) is 14.5. The Labute approximate surface area is 105 Å². The van der Waals surface area contributed by atoms with Crippen molar-refractivity contribution in [1.29, 1.82) is 0 Å². The summed E-state index contributed by atoms with van der Waals surface area (Å²) >= 11 is 0. The molecule has 0 spiro atoms. The van der Waals surface area contributed by atoms with Crippen LogP contribution in [0.5, 0.6) is 0 Å². The molecule has 4 nitrogen and oxygen atoms in total. The summed E-state index contributed by atoms with van der Waals surface area (Å²) < 4.78 is 5.21. The van der Waals surface area contributed by atoms with E-state index < -0.39 is 0 Å². The maximum Gasteiger partial charge on any atom is 0.320 e. The number of esters is 1. The van der Waals surface area contributed by atoms with Crippen molar-refractivity contribution in [2.75, 3.05) is 32.7 Å². The first-order valence-electron chi connectivity index (χ1n) is 6.62. The van der Waals surface area contributed by atoms with Crippen LogP contribution in [0.3, 0.4) is 0 Å². The Morgan fingerprint density at radius 2 is 1.88 bits per heavy atom. The van der Waals surface area contributed by atoms with Crippen LogP contribution in [0.15, 0.2) is 0 Å². The molecule has 100 valence electrons. The van der Waals surface area contributed by atoms with E-state index in [9.17, 15) is 4.79 Å². The Hall–Kier alpha value is -0.610. The zero-order valence-corrected chi connectivity index (χ0v) is 11.4.